The zero-order valence-electron chi connectivity index (χ0n) is 27.9. The molecule has 3 heterocycles. The normalized spacial score (nSPS) is 29.6. The lowest BCUT2D eigenvalue weighted by atomic mass is 9.85. The molecule has 3 fully saturated rings. The van der Waals surface area contributed by atoms with E-state index >= 15 is 0 Å². The molecule has 1 aliphatic carbocycles. The van der Waals surface area contributed by atoms with E-state index in [1.807, 2.05) is 0 Å². The highest BCUT2D eigenvalue weighted by molar-refractivity contribution is 6.29. The van der Waals surface area contributed by atoms with Crippen LogP contribution in [0.25, 0.3) is 0 Å². The van der Waals surface area contributed by atoms with Crippen molar-refractivity contribution in [3.63, 3.8) is 0 Å². The van der Waals surface area contributed by atoms with Crippen molar-refractivity contribution in [1.29, 1.82) is 0 Å². The molecule has 3 unspecified atom stereocenters. The van der Waals surface area contributed by atoms with Gasteiger partial charge in [-0.15, -0.1) is 11.6 Å². The van der Waals surface area contributed by atoms with E-state index in [1.54, 1.807) is 0 Å². The number of nitrogens with one attached hydrogen (secondary N) is 1. The fraction of sp³-hybridized carbons (Fsp3) is 0.833. The number of likely N-dealkylation sites (tertiary alicyclic amines) is 2. The lowest BCUT2D eigenvalue weighted by Gasteiger charge is -2.44. The fourth-order valence-electron chi connectivity index (χ4n) is 7.97. The summed E-state index contributed by atoms with van der Waals surface area (Å²) >= 11 is 6.61. The summed E-state index contributed by atoms with van der Waals surface area (Å²) < 4.78 is 0. The van der Waals surface area contributed by atoms with Crippen LogP contribution in [0.15, 0.2) is 33.3 Å². The maximum Gasteiger partial charge on any atom is 0.101 e. The second kappa shape index (κ2) is 18.1. The molecule has 6 nitrogen and oxygen atoms in total. The highest BCUT2D eigenvalue weighted by Gasteiger charge is 2.38. The van der Waals surface area contributed by atoms with Crippen LogP contribution in [0.3, 0.4) is 0 Å². The quantitative estimate of drug-likeness (QED) is 0.122. The Morgan fingerprint density at radius 2 is 1.93 bits per heavy atom. The van der Waals surface area contributed by atoms with Crippen molar-refractivity contribution in [2.75, 3.05) is 58.3 Å². The summed E-state index contributed by atoms with van der Waals surface area (Å²) in [4.78, 5) is 15.5. The fourth-order valence-corrected chi connectivity index (χ4v) is 8.27. The van der Waals surface area contributed by atoms with Crippen LogP contribution in [0.4, 0.5) is 0 Å². The molecule has 3 aliphatic heterocycles. The monoisotopic (exact) mass is 615 g/mol. The molecule has 0 amide bonds. The minimum absolute atomic E-state index is 0.339. The molecule has 2 N–H and O–H groups in total. The van der Waals surface area contributed by atoms with Gasteiger partial charge in [0, 0.05) is 50.0 Å². The number of amidine groups is 1. The van der Waals surface area contributed by atoms with Crippen molar-refractivity contribution >= 4 is 23.1 Å². The standard InChI is InChI=1S/C36H62ClN5O/c1-5-10-30(36-38-16-17-39-36)24-40-35(23-37)29-11-8-9-18-42(32(7-3)21-29)33-14-19-41(20-15-33)25-27(4)12-13-28(6-2)34-22-31(34)26-43/h12-13,29-34,43H,5-11,14-26H2,1-4H3,(H,38,39)/b27-12+,28-13+,40-35?/t29?,30?,31?,32-,34+/m0/s1. The molecule has 2 saturated heterocycles. The average molecular weight is 616 g/mol. The van der Waals surface area contributed by atoms with Gasteiger partial charge in [0.25, 0.3) is 0 Å². The van der Waals surface area contributed by atoms with Gasteiger partial charge in [-0.2, -0.15) is 0 Å². The predicted octanol–water partition coefficient (Wildman–Crippen LogP) is 6.73. The molecular formula is C36H62ClN5O. The van der Waals surface area contributed by atoms with E-state index in [0.29, 0.717) is 48.2 Å². The van der Waals surface area contributed by atoms with Crippen LogP contribution in [0.2, 0.25) is 0 Å². The van der Waals surface area contributed by atoms with Crippen LogP contribution in [0.5, 0.6) is 0 Å². The van der Waals surface area contributed by atoms with Crippen LogP contribution < -0.4 is 5.32 Å². The summed E-state index contributed by atoms with van der Waals surface area (Å²) in [7, 11) is 0. The number of rotatable bonds is 15. The van der Waals surface area contributed by atoms with Gasteiger partial charge < -0.3 is 10.4 Å². The number of allylic oxidation sites excluding steroid dienone is 3. The molecule has 0 bridgehead atoms. The Hall–Kier alpha value is -1.21. The van der Waals surface area contributed by atoms with Crippen molar-refractivity contribution < 1.29 is 5.11 Å². The lowest BCUT2D eigenvalue weighted by molar-refractivity contribution is 0.0584. The highest BCUT2D eigenvalue weighted by Crippen LogP contribution is 2.44. The second-order valence-corrected chi connectivity index (χ2v) is 14.0. The molecule has 1 saturated carbocycles. The number of piperidine rings is 1. The van der Waals surface area contributed by atoms with Gasteiger partial charge in [0.2, 0.25) is 0 Å². The van der Waals surface area contributed by atoms with E-state index in [0.717, 1.165) is 45.4 Å². The first-order valence-corrected chi connectivity index (χ1v) is 18.4. The van der Waals surface area contributed by atoms with Gasteiger partial charge >= 0.3 is 0 Å². The number of nitrogens with zero attached hydrogens (tertiary/aromatic N) is 4. The summed E-state index contributed by atoms with van der Waals surface area (Å²) in [5, 5.41) is 13.0. The maximum atomic E-state index is 9.46. The number of alkyl halides is 1. The topological polar surface area (TPSA) is 63.5 Å². The molecule has 4 rings (SSSR count). The third-order valence-corrected chi connectivity index (χ3v) is 11.0. The Bertz CT molecular complexity index is 969. The first-order valence-electron chi connectivity index (χ1n) is 17.8. The van der Waals surface area contributed by atoms with Gasteiger partial charge in [0.1, 0.15) is 5.84 Å². The molecule has 244 valence electrons. The van der Waals surface area contributed by atoms with E-state index in [4.69, 9.17) is 21.6 Å². The Labute approximate surface area is 268 Å². The van der Waals surface area contributed by atoms with Gasteiger partial charge in [0.05, 0.1) is 12.4 Å². The maximum absolute atomic E-state index is 9.46. The molecular weight excluding hydrogens is 554 g/mol. The molecule has 0 spiro atoms. The van der Waals surface area contributed by atoms with Crippen LogP contribution in [0.1, 0.15) is 98.3 Å². The SMILES string of the molecule is CCCC(CN=C(CCl)C1CCCCN(C2CCN(C/C(C)=C/C=C(\CC)[C@H]3CC3CO)CC2)[C@@H](CC)C1)C1=NCCN1. The van der Waals surface area contributed by atoms with Crippen LogP contribution >= 0.6 is 11.6 Å². The van der Waals surface area contributed by atoms with Crippen molar-refractivity contribution in [2.24, 2.45) is 33.7 Å². The second-order valence-electron chi connectivity index (χ2n) is 13.8. The van der Waals surface area contributed by atoms with Gasteiger partial charge in [-0.25, -0.2) is 0 Å². The third kappa shape index (κ3) is 10.1. The summed E-state index contributed by atoms with van der Waals surface area (Å²) in [5.74, 6) is 3.76. The summed E-state index contributed by atoms with van der Waals surface area (Å²) in [6.45, 7) is 16.9. The van der Waals surface area contributed by atoms with Crippen molar-refractivity contribution in [3.05, 3.63) is 23.3 Å². The zero-order valence-corrected chi connectivity index (χ0v) is 28.6. The molecule has 0 aromatic carbocycles. The van der Waals surface area contributed by atoms with Crippen LogP contribution in [0, 0.1) is 23.7 Å². The van der Waals surface area contributed by atoms with Gasteiger partial charge in [-0.1, -0.05) is 56.9 Å². The minimum Gasteiger partial charge on any atom is -0.396 e. The number of aliphatic hydroxyl groups is 1. The number of hydrogen-bond acceptors (Lipinski definition) is 6. The molecule has 43 heavy (non-hydrogen) atoms. The Kier molecular flexibility index (Phi) is 14.6. The van der Waals surface area contributed by atoms with E-state index in [9.17, 15) is 5.11 Å². The van der Waals surface area contributed by atoms with E-state index in [1.165, 1.54) is 93.7 Å². The van der Waals surface area contributed by atoms with E-state index in [2.05, 4.69) is 55.0 Å². The first-order chi connectivity index (χ1) is 21.0. The smallest absolute Gasteiger partial charge is 0.101 e. The average Bonchev–Trinajstić information content (AvgIpc) is 3.58. The third-order valence-electron chi connectivity index (χ3n) is 10.7. The molecule has 0 aromatic rings. The van der Waals surface area contributed by atoms with E-state index in [-0.39, 0.29) is 0 Å². The van der Waals surface area contributed by atoms with Gasteiger partial charge in [0.15, 0.2) is 0 Å². The Morgan fingerprint density at radius 3 is 2.56 bits per heavy atom. The van der Waals surface area contributed by atoms with Crippen LogP contribution in [-0.2, 0) is 0 Å². The molecule has 0 aromatic heterocycles. The lowest BCUT2D eigenvalue weighted by Crippen LogP contribution is -2.50. The number of halogens is 1. The molecule has 4 aliphatic rings. The number of hydrogen-bond donors (Lipinski definition) is 2. The largest absolute Gasteiger partial charge is 0.396 e. The van der Waals surface area contributed by atoms with Crippen molar-refractivity contribution in [2.45, 2.75) is 110 Å². The van der Waals surface area contributed by atoms with Crippen LogP contribution in [-0.4, -0.2) is 96.8 Å². The van der Waals surface area contributed by atoms with Crippen molar-refractivity contribution in [3.8, 4) is 0 Å². The Balaban J connectivity index is 1.31. The summed E-state index contributed by atoms with van der Waals surface area (Å²) in [5.41, 5.74) is 4.21. The molecule has 0 radical (unpaired) electrons. The summed E-state index contributed by atoms with van der Waals surface area (Å²) in [6.07, 6.45) is 18.0. The minimum atomic E-state index is 0.339. The first kappa shape index (κ1) is 34.7. The zero-order chi connectivity index (χ0) is 30.6. The van der Waals surface area contributed by atoms with E-state index < -0.39 is 0 Å². The number of aliphatic imine (C=N–C) groups is 2. The predicted molar refractivity (Wildman–Crippen MR) is 185 cm³/mol. The summed E-state index contributed by atoms with van der Waals surface area (Å²) in [6, 6.07) is 1.31. The Morgan fingerprint density at radius 1 is 1.12 bits per heavy atom. The van der Waals surface area contributed by atoms with Crippen molar-refractivity contribution in [1.82, 2.24) is 15.1 Å². The number of aliphatic hydroxyl groups excluding tert-OH is 1. The highest BCUT2D eigenvalue weighted by atomic mass is 35.5. The molecule has 7 heteroatoms. The molecule has 5 atom stereocenters. The van der Waals surface area contributed by atoms with Gasteiger partial charge in [-0.05, 0) is 102 Å². The van der Waals surface area contributed by atoms with Gasteiger partial charge in [-0.3, -0.25) is 19.8 Å².